The molecule has 51 heavy (non-hydrogen) atoms. The molecule has 284 valence electrons. The van der Waals surface area contributed by atoms with Crippen molar-refractivity contribution in [2.75, 3.05) is 20.7 Å². The van der Waals surface area contributed by atoms with Crippen molar-refractivity contribution in [1.82, 2.24) is 4.90 Å². The molecule has 0 heterocycles. The molecular weight excluding hydrogens is 657 g/mol. The molecule has 8 heteroatoms. The number of hydrogen-bond donors (Lipinski definition) is 0. The first-order valence-electron chi connectivity index (χ1n) is 20.0. The van der Waals surface area contributed by atoms with Gasteiger partial charge in [0.2, 0.25) is 0 Å². The largest absolute Gasteiger partial charge is 0.381 e. The van der Waals surface area contributed by atoms with Crippen LogP contribution in [0.4, 0.5) is 0 Å². The van der Waals surface area contributed by atoms with Crippen molar-refractivity contribution in [2.45, 2.75) is 132 Å². The van der Waals surface area contributed by atoms with E-state index in [-0.39, 0.29) is 41.2 Å². The van der Waals surface area contributed by atoms with E-state index in [4.69, 9.17) is 4.18 Å². The molecule has 0 aromatic rings. The number of carbonyl (C=O) groups is 1. The minimum absolute atomic E-state index is 0.0206. The molecule has 10 atom stereocenters. The lowest BCUT2D eigenvalue weighted by atomic mass is 9.46. The summed E-state index contributed by atoms with van der Waals surface area (Å²) in [5, 5.41) is 3.74. The van der Waals surface area contributed by atoms with Crippen LogP contribution in [0.25, 0.3) is 0 Å². The van der Waals surface area contributed by atoms with Gasteiger partial charge in [-0.25, -0.2) is 0 Å². The van der Waals surface area contributed by atoms with Gasteiger partial charge in [-0.2, -0.15) is 13.3 Å². The van der Waals surface area contributed by atoms with Crippen LogP contribution in [0.15, 0.2) is 62.9 Å². The van der Waals surface area contributed by atoms with E-state index in [1.165, 1.54) is 5.57 Å². The van der Waals surface area contributed by atoms with Crippen LogP contribution >= 0.6 is 0 Å². The van der Waals surface area contributed by atoms with Crippen LogP contribution in [0.2, 0.25) is 0 Å². The second-order valence-electron chi connectivity index (χ2n) is 17.8. The Morgan fingerprint density at radius 2 is 1.80 bits per heavy atom. The molecule has 0 radical (unpaired) electrons. The van der Waals surface area contributed by atoms with E-state index in [1.54, 1.807) is 0 Å². The van der Waals surface area contributed by atoms with E-state index >= 15 is 0 Å². The molecule has 7 nitrogen and oxygen atoms in total. The van der Waals surface area contributed by atoms with Gasteiger partial charge >= 0.3 is 0 Å². The zero-order chi connectivity index (χ0) is 37.3. The smallest absolute Gasteiger partial charge is 0.293 e. The fourth-order valence-electron chi connectivity index (χ4n) is 11.1. The minimum atomic E-state index is -3.91. The van der Waals surface area contributed by atoms with Crippen LogP contribution in [-0.4, -0.2) is 45.8 Å². The summed E-state index contributed by atoms with van der Waals surface area (Å²) in [6.45, 7) is 15.6. The molecule has 3 saturated carbocycles. The molecule has 0 aromatic carbocycles. The fourth-order valence-corrected chi connectivity index (χ4v) is 12.4. The first-order valence-corrected chi connectivity index (χ1v) is 21.4. The third-order valence-electron chi connectivity index (χ3n) is 14.4. The van der Waals surface area contributed by atoms with E-state index in [0.717, 1.165) is 74.6 Å². The van der Waals surface area contributed by atoms with Crippen molar-refractivity contribution >= 4 is 15.9 Å². The van der Waals surface area contributed by atoms with Crippen molar-refractivity contribution in [3.63, 3.8) is 0 Å². The van der Waals surface area contributed by atoms with E-state index in [1.807, 2.05) is 46.2 Å². The van der Waals surface area contributed by atoms with Crippen molar-refractivity contribution in [3.05, 3.63) is 62.6 Å². The number of hydrogen-bond acceptors (Lipinski definition) is 7. The summed E-state index contributed by atoms with van der Waals surface area (Å²) in [5.74, 6) is 2.76. The first kappa shape index (κ1) is 39.9. The number of ketones is 1. The fraction of sp³-hybridized carbons (Fsp3) is 0.744. The molecule has 0 saturated heterocycles. The van der Waals surface area contributed by atoms with Gasteiger partial charge in [0.25, 0.3) is 10.1 Å². The quantitative estimate of drug-likeness (QED) is 0.131. The lowest BCUT2D eigenvalue weighted by Gasteiger charge is -2.58. The zero-order valence-corrected chi connectivity index (χ0v) is 33.9. The summed E-state index contributed by atoms with van der Waals surface area (Å²) in [6, 6.07) is -0.267. The third kappa shape index (κ3) is 7.98. The summed E-state index contributed by atoms with van der Waals surface area (Å²) in [5.41, 5.74) is 4.31. The van der Waals surface area contributed by atoms with E-state index in [0.29, 0.717) is 53.6 Å². The van der Waals surface area contributed by atoms with Crippen molar-refractivity contribution in [3.8, 4) is 0 Å². The highest BCUT2D eigenvalue weighted by Gasteiger charge is 2.60. The highest BCUT2D eigenvalue weighted by Crippen LogP contribution is 2.67. The Morgan fingerprint density at radius 1 is 1.08 bits per heavy atom. The molecule has 5 aliphatic carbocycles. The SMILES string of the molecule is CC/C=C(\CC1=CC=CCC(S(=O)(=O)OCC(C)CCCC(N=O)C2CCC3C4=CC(=O)C5CC(C)C(C)CC5(C)C4CCC32C)=C1C)N(C)C. The zero-order valence-electron chi connectivity index (χ0n) is 33.0. The number of allylic oxidation sites excluding steroid dienone is 9. The molecule has 0 bridgehead atoms. The van der Waals surface area contributed by atoms with Gasteiger partial charge in [0.05, 0.1) is 17.6 Å². The summed E-state index contributed by atoms with van der Waals surface area (Å²) < 4.78 is 32.7. The molecular formula is C43H66N2O5S. The summed E-state index contributed by atoms with van der Waals surface area (Å²) in [6.07, 6.45) is 20.6. The average molecular weight is 723 g/mol. The predicted molar refractivity (Wildman–Crippen MR) is 208 cm³/mol. The van der Waals surface area contributed by atoms with Crippen LogP contribution in [0.5, 0.6) is 0 Å². The third-order valence-corrected chi connectivity index (χ3v) is 15.9. The number of nitrogens with zero attached hydrogens (tertiary/aromatic N) is 2. The molecule has 10 unspecified atom stereocenters. The number of nitroso groups, excluding NO2 is 1. The standard InChI is InChI=1S/C43H66N2O5S/c1-10-14-33(45(8)9)24-32-16-11-12-18-41(31(32)5)51(48,49)50-27-28(2)15-13-17-39(44-47)37-20-19-35-34-25-40(46)38-23-29(3)30(4)26-43(38,7)36(34)21-22-42(35,37)6/h11-12,14,16,25,28-30,35-39H,10,13,15,17-24,26-27H2,1-9H3/b33-14+. The minimum Gasteiger partial charge on any atom is -0.381 e. The van der Waals surface area contributed by atoms with Crippen LogP contribution in [0.1, 0.15) is 126 Å². The van der Waals surface area contributed by atoms with Crippen molar-refractivity contribution < 1.29 is 17.4 Å². The summed E-state index contributed by atoms with van der Waals surface area (Å²) >= 11 is 0. The average Bonchev–Trinajstić information content (AvgIpc) is 3.31. The van der Waals surface area contributed by atoms with Crippen molar-refractivity contribution in [1.29, 1.82) is 0 Å². The normalized spacial score (nSPS) is 35.2. The Morgan fingerprint density at radius 3 is 2.49 bits per heavy atom. The van der Waals surface area contributed by atoms with Gasteiger partial charge in [-0.05, 0) is 128 Å². The number of carbonyl (C=O) groups excluding carboxylic acids is 1. The molecule has 0 spiro atoms. The Bertz CT molecular complexity index is 1590. The highest BCUT2D eigenvalue weighted by atomic mass is 32.2. The molecule has 0 amide bonds. The summed E-state index contributed by atoms with van der Waals surface area (Å²) in [7, 11) is 0.124. The van der Waals surface area contributed by atoms with Crippen LogP contribution < -0.4 is 0 Å². The van der Waals surface area contributed by atoms with Gasteiger partial charge < -0.3 is 4.90 Å². The summed E-state index contributed by atoms with van der Waals surface area (Å²) in [4.78, 5) is 28.5. The Hall–Kier alpha value is -2.32. The van der Waals surface area contributed by atoms with Gasteiger partial charge in [0, 0.05) is 38.6 Å². The molecule has 0 N–H and O–H groups in total. The predicted octanol–water partition coefficient (Wildman–Crippen LogP) is 10.3. The molecule has 5 rings (SSSR count). The first-order chi connectivity index (χ1) is 24.1. The van der Waals surface area contributed by atoms with Gasteiger partial charge in [0.15, 0.2) is 5.78 Å². The lowest BCUT2D eigenvalue weighted by molar-refractivity contribution is -0.132. The molecule has 0 aliphatic heterocycles. The monoisotopic (exact) mass is 722 g/mol. The maximum absolute atomic E-state index is 13.6. The molecule has 0 aromatic heterocycles. The van der Waals surface area contributed by atoms with Crippen LogP contribution in [0.3, 0.4) is 0 Å². The number of rotatable bonds is 14. The molecule has 3 fully saturated rings. The topological polar surface area (TPSA) is 93.1 Å². The second kappa shape index (κ2) is 16.0. The Labute approximate surface area is 309 Å². The highest BCUT2D eigenvalue weighted by molar-refractivity contribution is 7.90. The maximum atomic E-state index is 13.6. The van der Waals surface area contributed by atoms with E-state index < -0.39 is 10.1 Å². The van der Waals surface area contributed by atoms with Crippen LogP contribution in [0, 0.1) is 57.2 Å². The van der Waals surface area contributed by atoms with Crippen LogP contribution in [-0.2, 0) is 19.1 Å². The van der Waals surface area contributed by atoms with Crippen molar-refractivity contribution in [2.24, 2.45) is 57.4 Å². The lowest BCUT2D eigenvalue weighted by Crippen LogP contribution is -2.53. The van der Waals surface area contributed by atoms with E-state index in [2.05, 4.69) is 56.8 Å². The van der Waals surface area contributed by atoms with E-state index in [9.17, 15) is 18.1 Å². The van der Waals surface area contributed by atoms with Gasteiger partial charge in [-0.15, -0.1) is 0 Å². The maximum Gasteiger partial charge on any atom is 0.293 e. The second-order valence-corrected chi connectivity index (χ2v) is 19.5. The van der Waals surface area contributed by atoms with Gasteiger partial charge in [-0.1, -0.05) is 83.0 Å². The number of fused-ring (bicyclic) bond motifs is 5. The Balaban J connectivity index is 1.18. The molecule has 5 aliphatic rings. The van der Waals surface area contributed by atoms with Gasteiger partial charge in [-0.3, -0.25) is 8.98 Å². The Kier molecular flexibility index (Phi) is 12.5. The van der Waals surface area contributed by atoms with Gasteiger partial charge in [0.1, 0.15) is 0 Å².